The Morgan fingerprint density at radius 1 is 0.967 bits per heavy atom. The highest BCUT2D eigenvalue weighted by Crippen LogP contribution is 2.37. The predicted molar refractivity (Wildman–Crippen MR) is 117 cm³/mol. The van der Waals surface area contributed by atoms with Gasteiger partial charge in [-0.1, -0.05) is 53.8 Å². The first kappa shape index (κ1) is 20.2. The van der Waals surface area contributed by atoms with Gasteiger partial charge in [-0.05, 0) is 55.2 Å². The van der Waals surface area contributed by atoms with Crippen LogP contribution in [0.5, 0.6) is 0 Å². The number of amides is 1. The highest BCUT2D eigenvalue weighted by atomic mass is 32.1. The number of carboxylic acid groups (broad SMARTS) is 1. The van der Waals surface area contributed by atoms with Crippen molar-refractivity contribution in [3.63, 3.8) is 0 Å². The van der Waals surface area contributed by atoms with Crippen molar-refractivity contribution in [3.05, 3.63) is 65.7 Å². The second-order valence-corrected chi connectivity index (χ2v) is 8.65. The Morgan fingerprint density at radius 3 is 2.33 bits per heavy atom. The second-order valence-electron chi connectivity index (χ2n) is 7.67. The molecule has 4 rings (SSSR count). The average molecular weight is 422 g/mol. The molecule has 2 aromatic carbocycles. The number of carbonyl (C=O) groups is 2. The van der Waals surface area contributed by atoms with Gasteiger partial charge in [0.2, 0.25) is 5.13 Å². The van der Waals surface area contributed by atoms with E-state index >= 15 is 0 Å². The van der Waals surface area contributed by atoms with E-state index in [1.165, 1.54) is 16.9 Å². The quantitative estimate of drug-likeness (QED) is 0.570. The number of aromatic nitrogens is 2. The van der Waals surface area contributed by atoms with E-state index in [9.17, 15) is 9.59 Å². The summed E-state index contributed by atoms with van der Waals surface area (Å²) < 4.78 is 0. The summed E-state index contributed by atoms with van der Waals surface area (Å²) in [7, 11) is 0. The van der Waals surface area contributed by atoms with Crippen molar-refractivity contribution in [2.75, 3.05) is 5.32 Å². The molecular weight excluding hydrogens is 398 g/mol. The van der Waals surface area contributed by atoms with E-state index in [-0.39, 0.29) is 18.2 Å². The van der Waals surface area contributed by atoms with Crippen LogP contribution in [0.25, 0.3) is 10.6 Å². The zero-order chi connectivity index (χ0) is 20.9. The molecule has 30 heavy (non-hydrogen) atoms. The summed E-state index contributed by atoms with van der Waals surface area (Å²) in [4.78, 5) is 23.4. The van der Waals surface area contributed by atoms with Crippen LogP contribution in [-0.4, -0.2) is 27.2 Å². The molecule has 3 aromatic rings. The number of aliphatic carboxylic acids is 1. The van der Waals surface area contributed by atoms with Gasteiger partial charge in [-0.2, -0.15) is 0 Å². The summed E-state index contributed by atoms with van der Waals surface area (Å²) in [6, 6.07) is 17.4. The molecule has 0 unspecified atom stereocenters. The average Bonchev–Trinajstić information content (AvgIpc) is 3.23. The van der Waals surface area contributed by atoms with Crippen molar-refractivity contribution in [2.24, 2.45) is 5.92 Å². The van der Waals surface area contributed by atoms with Gasteiger partial charge in [0.15, 0.2) is 0 Å². The van der Waals surface area contributed by atoms with Crippen molar-refractivity contribution in [3.8, 4) is 10.6 Å². The van der Waals surface area contributed by atoms with Gasteiger partial charge in [0, 0.05) is 17.5 Å². The smallest absolute Gasteiger partial charge is 0.303 e. The van der Waals surface area contributed by atoms with Crippen LogP contribution in [0.4, 0.5) is 5.13 Å². The van der Waals surface area contributed by atoms with Gasteiger partial charge in [0.05, 0.1) is 0 Å². The monoisotopic (exact) mass is 421 g/mol. The van der Waals surface area contributed by atoms with Gasteiger partial charge in [0.1, 0.15) is 5.01 Å². The van der Waals surface area contributed by atoms with E-state index < -0.39 is 5.97 Å². The number of carboxylic acids is 1. The van der Waals surface area contributed by atoms with Gasteiger partial charge in [-0.3, -0.25) is 14.9 Å². The molecule has 154 valence electrons. The maximum absolute atomic E-state index is 12.6. The summed E-state index contributed by atoms with van der Waals surface area (Å²) in [5, 5.41) is 21.2. The number of nitrogens with one attached hydrogen (secondary N) is 1. The Hall–Kier alpha value is -3.06. The molecule has 2 N–H and O–H groups in total. The highest BCUT2D eigenvalue weighted by molar-refractivity contribution is 7.18. The van der Waals surface area contributed by atoms with E-state index in [2.05, 4.69) is 15.5 Å². The fraction of sp³-hybridized carbons (Fsp3) is 0.304. The molecule has 0 saturated heterocycles. The zero-order valence-electron chi connectivity index (χ0n) is 16.5. The van der Waals surface area contributed by atoms with Crippen molar-refractivity contribution >= 4 is 28.3 Å². The van der Waals surface area contributed by atoms with Crippen LogP contribution in [0.15, 0.2) is 54.6 Å². The molecule has 0 radical (unpaired) electrons. The first-order valence-electron chi connectivity index (χ1n) is 10.1. The Balaban J connectivity index is 1.35. The summed E-state index contributed by atoms with van der Waals surface area (Å²) in [6.45, 7) is 0. The molecular formula is C23H23N3O3S. The predicted octanol–water partition coefficient (Wildman–Crippen LogP) is 5.21. The molecule has 1 aliphatic carbocycles. The van der Waals surface area contributed by atoms with E-state index in [4.69, 9.17) is 5.11 Å². The van der Waals surface area contributed by atoms with Crippen LogP contribution < -0.4 is 5.32 Å². The third-order valence-corrected chi connectivity index (χ3v) is 6.51. The third kappa shape index (κ3) is 4.91. The highest BCUT2D eigenvalue weighted by Gasteiger charge is 2.24. The van der Waals surface area contributed by atoms with E-state index in [0.29, 0.717) is 16.6 Å². The lowest BCUT2D eigenvalue weighted by Gasteiger charge is -2.28. The Kier molecular flexibility index (Phi) is 6.18. The molecule has 1 heterocycles. The number of nitrogens with zero attached hydrogens (tertiary/aromatic N) is 2. The largest absolute Gasteiger partial charge is 0.481 e. The minimum Gasteiger partial charge on any atom is -0.481 e. The minimum atomic E-state index is -0.708. The summed E-state index contributed by atoms with van der Waals surface area (Å²) in [5.41, 5.74) is 2.76. The van der Waals surface area contributed by atoms with Crippen molar-refractivity contribution in [2.45, 2.75) is 38.0 Å². The molecule has 1 amide bonds. The molecule has 0 atom stereocenters. The van der Waals surface area contributed by atoms with Crippen LogP contribution in [0, 0.1) is 5.92 Å². The number of benzene rings is 2. The molecule has 1 aliphatic rings. The molecule has 1 aromatic heterocycles. The molecule has 1 saturated carbocycles. The van der Waals surface area contributed by atoms with Gasteiger partial charge >= 0.3 is 5.97 Å². The van der Waals surface area contributed by atoms with Crippen LogP contribution in [0.2, 0.25) is 0 Å². The molecule has 0 spiro atoms. The Bertz CT molecular complexity index is 1010. The fourth-order valence-electron chi connectivity index (χ4n) is 3.99. The van der Waals surface area contributed by atoms with Crippen molar-refractivity contribution in [1.29, 1.82) is 0 Å². The normalized spacial score (nSPS) is 18.7. The van der Waals surface area contributed by atoms with Crippen LogP contribution in [0.1, 0.15) is 53.9 Å². The summed E-state index contributed by atoms with van der Waals surface area (Å²) in [6.07, 6.45) is 4.15. The maximum atomic E-state index is 12.6. The SMILES string of the molecule is O=C(O)CC1CCC(c2ccc(C(=O)Nc3nnc(-c4ccccc4)s3)cc2)CC1. The number of hydrogen-bond acceptors (Lipinski definition) is 5. The topological polar surface area (TPSA) is 92.2 Å². The zero-order valence-corrected chi connectivity index (χ0v) is 17.3. The lowest BCUT2D eigenvalue weighted by molar-refractivity contribution is -0.138. The fourth-order valence-corrected chi connectivity index (χ4v) is 4.74. The molecule has 6 nitrogen and oxygen atoms in total. The van der Waals surface area contributed by atoms with E-state index in [1.54, 1.807) is 0 Å². The minimum absolute atomic E-state index is 0.206. The lowest BCUT2D eigenvalue weighted by atomic mass is 9.77. The van der Waals surface area contributed by atoms with Crippen molar-refractivity contribution in [1.82, 2.24) is 10.2 Å². The standard InChI is InChI=1S/C23H23N3O3S/c27-20(28)14-15-6-8-16(9-7-15)17-10-12-18(13-11-17)21(29)24-23-26-25-22(30-23)19-4-2-1-3-5-19/h1-5,10-13,15-16H,6-9,14H2,(H,27,28)(H,24,26,29). The lowest BCUT2D eigenvalue weighted by Crippen LogP contribution is -2.16. The van der Waals surface area contributed by atoms with Gasteiger partial charge < -0.3 is 5.11 Å². The molecule has 0 aliphatic heterocycles. The third-order valence-electron chi connectivity index (χ3n) is 5.62. The molecule has 0 bridgehead atoms. The van der Waals surface area contributed by atoms with Crippen LogP contribution in [0.3, 0.4) is 0 Å². The molecule has 1 fully saturated rings. The number of hydrogen-bond donors (Lipinski definition) is 2. The van der Waals surface area contributed by atoms with Gasteiger partial charge in [0.25, 0.3) is 5.91 Å². The van der Waals surface area contributed by atoms with Gasteiger partial charge in [-0.25, -0.2) is 0 Å². The van der Waals surface area contributed by atoms with E-state index in [1.807, 2.05) is 54.6 Å². The maximum Gasteiger partial charge on any atom is 0.303 e. The van der Waals surface area contributed by atoms with Crippen LogP contribution in [-0.2, 0) is 4.79 Å². The Morgan fingerprint density at radius 2 is 1.67 bits per heavy atom. The summed E-state index contributed by atoms with van der Waals surface area (Å²) in [5.74, 6) is -0.192. The van der Waals surface area contributed by atoms with Gasteiger partial charge in [-0.15, -0.1) is 10.2 Å². The Labute approximate surface area is 179 Å². The second kappa shape index (κ2) is 9.17. The number of rotatable bonds is 6. The van der Waals surface area contributed by atoms with E-state index in [0.717, 1.165) is 36.3 Å². The van der Waals surface area contributed by atoms with Crippen molar-refractivity contribution < 1.29 is 14.7 Å². The van der Waals surface area contributed by atoms with Crippen LogP contribution >= 0.6 is 11.3 Å². The first-order valence-corrected chi connectivity index (χ1v) is 10.9. The first-order chi connectivity index (χ1) is 14.6. The molecule has 7 heteroatoms. The number of anilines is 1. The number of carbonyl (C=O) groups excluding carboxylic acids is 1. The summed E-state index contributed by atoms with van der Waals surface area (Å²) >= 11 is 1.34.